The van der Waals surface area contributed by atoms with Crippen LogP contribution in [0.25, 0.3) is 0 Å². The summed E-state index contributed by atoms with van der Waals surface area (Å²) in [6, 6.07) is 0. The molecule has 0 aliphatic heterocycles. The fourth-order valence-corrected chi connectivity index (χ4v) is 0. The second-order valence-corrected chi connectivity index (χ2v) is 1.25. The predicted octanol–water partition coefficient (Wildman–Crippen LogP) is -1.10. The summed E-state index contributed by atoms with van der Waals surface area (Å²) in [6.45, 7) is 0. The topological polar surface area (TPSA) is 102 Å². The van der Waals surface area contributed by atoms with Crippen LogP contribution in [0.4, 0.5) is 0 Å². The van der Waals surface area contributed by atoms with Crippen molar-refractivity contribution in [3.63, 3.8) is 0 Å². The third-order valence-electron chi connectivity index (χ3n) is 0. The van der Waals surface area contributed by atoms with Gasteiger partial charge in [0.15, 0.2) is 0 Å². The van der Waals surface area contributed by atoms with Crippen LogP contribution in [-0.2, 0) is 56.1 Å². The van der Waals surface area contributed by atoms with Crippen LogP contribution in [-0.4, -0.2) is 21.1 Å². The van der Waals surface area contributed by atoms with Crippen molar-refractivity contribution >= 4 is 21.1 Å². The summed E-state index contributed by atoms with van der Waals surface area (Å²) in [5, 5.41) is 0. The van der Waals surface area contributed by atoms with Crippen molar-refractivity contribution in [1.82, 2.24) is 0 Å². The third-order valence-corrected chi connectivity index (χ3v) is 0. The van der Waals surface area contributed by atoms with Gasteiger partial charge in [-0.25, -0.2) is 0 Å². The Kier molecular flexibility index (Phi) is 66.6. The van der Waals surface area contributed by atoms with Crippen LogP contribution >= 0.6 is 0 Å². The fourth-order valence-electron chi connectivity index (χ4n) is 0. The first-order valence-corrected chi connectivity index (χ1v) is 6.13. The van der Waals surface area contributed by atoms with Crippen LogP contribution in [0.15, 0.2) is 0 Å². The molecule has 6 nitrogen and oxygen atoms in total. The van der Waals surface area contributed by atoms with E-state index >= 15 is 0 Å². The van der Waals surface area contributed by atoms with E-state index in [1.165, 1.54) is 0 Å². The Morgan fingerprint density at radius 1 is 1.11 bits per heavy atom. The SMILES string of the molecule is [O]=[Ru]=[O].[O]=[Sn]=[O].[O]=[Ti]=[O]. The molecular weight excluding hydrogens is 364 g/mol. The molecule has 0 saturated heterocycles. The molecule has 0 rings (SSSR count). The van der Waals surface area contributed by atoms with Crippen LogP contribution in [0, 0.1) is 0 Å². The number of hydrogen-bond acceptors (Lipinski definition) is 6. The maximum absolute atomic E-state index is 8.54. The van der Waals surface area contributed by atoms with Gasteiger partial charge in [0.05, 0.1) is 0 Å². The van der Waals surface area contributed by atoms with Crippen LogP contribution in [0.1, 0.15) is 0 Å². The van der Waals surface area contributed by atoms with Crippen molar-refractivity contribution in [2.75, 3.05) is 0 Å². The van der Waals surface area contributed by atoms with E-state index in [-0.39, 0.29) is 0 Å². The summed E-state index contributed by atoms with van der Waals surface area (Å²) in [5.41, 5.74) is 0. The van der Waals surface area contributed by atoms with E-state index in [0.717, 1.165) is 0 Å². The van der Waals surface area contributed by atoms with Gasteiger partial charge in [0.2, 0.25) is 0 Å². The normalized spacial score (nSPS) is 3.56. The van der Waals surface area contributed by atoms with Gasteiger partial charge in [-0.1, -0.05) is 0 Å². The molecule has 0 aromatic rings. The van der Waals surface area contributed by atoms with Crippen molar-refractivity contribution in [2.45, 2.75) is 0 Å². The minimum absolute atomic E-state index is 1.79. The van der Waals surface area contributed by atoms with E-state index in [0.29, 0.717) is 0 Å². The monoisotopic (exact) mass is 366 g/mol. The molecule has 0 amide bonds. The summed E-state index contributed by atoms with van der Waals surface area (Å²) in [4.78, 5) is 0. The molecule has 0 N–H and O–H groups in total. The molecule has 9 heteroatoms. The zero-order chi connectivity index (χ0) is 8.12. The van der Waals surface area contributed by atoms with Crippen LogP contribution in [0.2, 0.25) is 0 Å². The molecule has 52 valence electrons. The Labute approximate surface area is 76.4 Å². The van der Waals surface area contributed by atoms with Gasteiger partial charge in [0.25, 0.3) is 0 Å². The molecule has 0 fully saturated rings. The molecule has 0 saturated carbocycles. The summed E-state index contributed by atoms with van der Waals surface area (Å²) in [5.74, 6) is 0. The van der Waals surface area contributed by atoms with E-state index in [1.54, 1.807) is 0 Å². The minimum atomic E-state index is -2.27. The fraction of sp³-hybridized carbons (Fsp3) is 0. The Morgan fingerprint density at radius 2 is 1.11 bits per heavy atom. The van der Waals surface area contributed by atoms with Crippen molar-refractivity contribution in [3.05, 3.63) is 0 Å². The zero-order valence-electron chi connectivity index (χ0n) is 3.80. The Hall–Kier alpha value is 0.936. The molecule has 0 heterocycles. The van der Waals surface area contributed by atoms with E-state index < -0.39 is 57.2 Å². The quantitative estimate of drug-likeness (QED) is 0.506. The van der Waals surface area contributed by atoms with Gasteiger partial charge in [-0.05, 0) is 0 Å². The predicted molar refractivity (Wildman–Crippen MR) is 9.87 cm³/mol. The van der Waals surface area contributed by atoms with Crippen molar-refractivity contribution in [2.24, 2.45) is 0 Å². The van der Waals surface area contributed by atoms with E-state index in [9.17, 15) is 0 Å². The van der Waals surface area contributed by atoms with Gasteiger partial charge in [-0.2, -0.15) is 0 Å². The molecule has 0 spiro atoms. The molecule has 0 aromatic heterocycles. The van der Waals surface area contributed by atoms with Crippen LogP contribution in [0.5, 0.6) is 0 Å². The number of hydrogen-bond donors (Lipinski definition) is 0. The summed E-state index contributed by atoms with van der Waals surface area (Å²) in [7, 11) is 0. The van der Waals surface area contributed by atoms with Gasteiger partial charge < -0.3 is 0 Å². The maximum atomic E-state index is 8.54. The molecule has 0 aromatic carbocycles. The van der Waals surface area contributed by atoms with Gasteiger partial charge in [0.1, 0.15) is 0 Å². The molecule has 9 heavy (non-hydrogen) atoms. The first-order valence-electron chi connectivity index (χ1n) is 1.11. The third kappa shape index (κ3) is 490. The van der Waals surface area contributed by atoms with E-state index in [4.69, 9.17) is 19.9 Å². The Bertz CT molecular complexity index is 105. The van der Waals surface area contributed by atoms with Crippen molar-refractivity contribution < 1.29 is 56.1 Å². The molecule has 0 bridgehead atoms. The van der Waals surface area contributed by atoms with E-state index in [2.05, 4.69) is 0 Å². The van der Waals surface area contributed by atoms with Crippen LogP contribution < -0.4 is 0 Å². The first kappa shape index (κ1) is 16.5. The Morgan fingerprint density at radius 3 is 1.11 bits per heavy atom. The Balaban J connectivity index is -0.0000000600. The standard InChI is InChI=1S/6O.Ru.Sn.Ti. The summed E-state index contributed by atoms with van der Waals surface area (Å²) < 4.78 is 51.0. The van der Waals surface area contributed by atoms with E-state index in [1.807, 2.05) is 0 Å². The van der Waals surface area contributed by atoms with Crippen molar-refractivity contribution in [1.29, 1.82) is 0 Å². The van der Waals surface area contributed by atoms with Gasteiger partial charge in [-0.15, -0.1) is 0 Å². The van der Waals surface area contributed by atoms with Gasteiger partial charge in [-0.3, -0.25) is 0 Å². The average molecular weight is 364 g/mol. The molecule has 0 aliphatic rings. The number of rotatable bonds is 0. The molecular formula is O6RuSnTi. The molecule has 0 unspecified atom stereocenters. The second-order valence-electron chi connectivity index (χ2n) is 0.226. The summed E-state index contributed by atoms with van der Waals surface area (Å²) >= 11 is -6.06. The van der Waals surface area contributed by atoms with Gasteiger partial charge >= 0.3 is 77.2 Å². The molecule has 0 atom stereocenters. The molecule has 0 aliphatic carbocycles. The average Bonchev–Trinajstić information content (AvgIpc) is 1.70. The van der Waals surface area contributed by atoms with Gasteiger partial charge in [0, 0.05) is 0 Å². The zero-order valence-corrected chi connectivity index (χ0v) is 9.96. The first-order chi connectivity index (χ1) is 4.24. The second kappa shape index (κ2) is 36.3. The van der Waals surface area contributed by atoms with Crippen LogP contribution in [0.3, 0.4) is 0 Å². The van der Waals surface area contributed by atoms with Crippen molar-refractivity contribution in [3.8, 4) is 0 Å². The summed E-state index contributed by atoms with van der Waals surface area (Å²) in [6.07, 6.45) is 0. The molecule has 0 radical (unpaired) electrons.